The maximum absolute atomic E-state index is 15.0. The number of likely N-dealkylation sites (tertiary alicyclic amines) is 1. The molecule has 1 aromatic carbocycles. The van der Waals surface area contributed by atoms with Crippen LogP contribution in [0.2, 0.25) is 0 Å². The summed E-state index contributed by atoms with van der Waals surface area (Å²) in [7, 11) is 9.03. The van der Waals surface area contributed by atoms with Crippen molar-refractivity contribution in [3.8, 4) is 0 Å². The van der Waals surface area contributed by atoms with Gasteiger partial charge in [0.25, 0.3) is 11.8 Å². The Balaban J connectivity index is 2.21. The maximum atomic E-state index is 15.0. The Hall–Kier alpha value is -7.02. The molecule has 2 heterocycles. The second-order valence-corrected chi connectivity index (χ2v) is 28.7. The van der Waals surface area contributed by atoms with Crippen LogP contribution in [0.25, 0.3) is 0 Å². The third-order valence-electron chi connectivity index (χ3n) is 18.9. The Bertz CT molecular complexity index is 2760. The normalized spacial score (nSPS) is 27.5. The Morgan fingerprint density at radius 3 is 1.71 bits per heavy atom. The molecule has 1 aromatic rings. The zero-order valence-corrected chi connectivity index (χ0v) is 60.8. The third kappa shape index (κ3) is 24.9. The molecule has 0 aromatic heterocycles. The average molecular weight is 1340 g/mol. The number of aliphatic hydroxyl groups excluding tert-OH is 1. The first-order valence-corrected chi connectivity index (χ1v) is 34.4. The molecule has 536 valence electrons. The van der Waals surface area contributed by atoms with E-state index >= 15 is 0 Å². The topological polar surface area (TPSA) is 308 Å². The maximum Gasteiger partial charge on any atom is 0.255 e. The van der Waals surface area contributed by atoms with E-state index < -0.39 is 144 Å². The van der Waals surface area contributed by atoms with Crippen LogP contribution in [-0.4, -0.2) is 246 Å². The Morgan fingerprint density at radius 1 is 0.579 bits per heavy atom. The molecule has 0 aliphatic carbocycles. The molecule has 2 aliphatic rings. The van der Waals surface area contributed by atoms with Crippen molar-refractivity contribution in [2.45, 2.75) is 222 Å². The third-order valence-corrected chi connectivity index (χ3v) is 18.9. The van der Waals surface area contributed by atoms with Crippen LogP contribution in [0.1, 0.15) is 160 Å². The number of ketones is 1. The predicted molar refractivity (Wildman–Crippen MR) is 364 cm³/mol. The van der Waals surface area contributed by atoms with Gasteiger partial charge in [-0.25, -0.2) is 0 Å². The van der Waals surface area contributed by atoms with Gasteiger partial charge in [-0.05, 0) is 108 Å². The number of hydrogen-bond donors (Lipinski definition) is 6. The van der Waals surface area contributed by atoms with E-state index in [0.717, 1.165) is 11.3 Å². The summed E-state index contributed by atoms with van der Waals surface area (Å²) in [5.41, 5.74) is 0.676. The molecule has 0 spiro atoms. The lowest BCUT2D eigenvalue weighted by atomic mass is 9.91. The predicted octanol–water partition coefficient (Wildman–Crippen LogP) is 3.24. The van der Waals surface area contributed by atoms with Crippen molar-refractivity contribution in [2.75, 3.05) is 75.0 Å². The van der Waals surface area contributed by atoms with Crippen LogP contribution in [0.5, 0.6) is 0 Å². The van der Waals surface area contributed by atoms with E-state index in [0.29, 0.717) is 50.8 Å². The minimum absolute atomic E-state index is 0.00494. The average Bonchev–Trinajstić information content (AvgIpc) is 0.862. The molecule has 0 radical (unpaired) electrons. The van der Waals surface area contributed by atoms with E-state index in [1.165, 1.54) is 80.4 Å². The number of nitrogens with zero attached hydrogens (tertiary/aromatic N) is 7. The monoisotopic (exact) mass is 1330 g/mol. The van der Waals surface area contributed by atoms with Gasteiger partial charge in [-0.3, -0.25) is 62.4 Å². The molecule has 1 unspecified atom stereocenters. The van der Waals surface area contributed by atoms with Crippen molar-refractivity contribution in [2.24, 2.45) is 41.4 Å². The largest absolute Gasteiger partial charge is 0.391 e. The molecule has 2 fully saturated rings. The molecule has 3 rings (SSSR count). The second-order valence-electron chi connectivity index (χ2n) is 28.7. The fraction of sp³-hybridized carbons (Fsp3) is 0.743. The smallest absolute Gasteiger partial charge is 0.255 e. The quantitative estimate of drug-likeness (QED) is 0.155. The highest BCUT2D eigenvalue weighted by molar-refractivity contribution is 6.08. The molecule has 13 atom stereocenters. The molecule has 0 bridgehead atoms. The SMILES string of the molecule is CC[C@H](C)[C@@H]1NC(=O)[C@H](CC(C)C)CN(C)C(=O)[C@H](C(C)C)CN(C)CC(=O)[C@H](C)NC(=O)[C@H](C)N(C)C(=O)[C@H](Cc2ccccc2)NC(=O)CC([C@@H](C)O)NC(=O)[C@H](CC(C)C)N(C)C(=O)C[C@H](CC(C)C)N(C)C(=O)[C@H](C)N(C)C(=O)[C@@H](C(=O)N2CCCCC2)NC1=O. The molecule has 0 saturated carbocycles. The summed E-state index contributed by atoms with van der Waals surface area (Å²) in [5.74, 6) is -9.81. The molecule has 2 saturated heterocycles. The van der Waals surface area contributed by atoms with Gasteiger partial charge in [0.05, 0.1) is 36.6 Å². The summed E-state index contributed by atoms with van der Waals surface area (Å²) in [5, 5.41) is 25.1. The molecule has 11 amide bonds. The van der Waals surface area contributed by atoms with Gasteiger partial charge in [-0.15, -0.1) is 0 Å². The number of Topliss-reactive ketones (excluding diaryl/α,β-unsaturated/α-hetero) is 1. The molecular weight excluding hydrogens is 1220 g/mol. The Morgan fingerprint density at radius 2 is 1.16 bits per heavy atom. The van der Waals surface area contributed by atoms with Gasteiger partial charge >= 0.3 is 0 Å². The van der Waals surface area contributed by atoms with E-state index in [1.807, 2.05) is 62.3 Å². The standard InChI is InChI=1S/C70H118N12O13/c1-21-45(10)60-65(90)75-61(70(95)82-30-26-23-27-31-82)69(94)79(18)48(13)66(91)80(19)52(33-42(4)5)36-59(86)81(20)56(34-43(6)7)64(89)73-54(49(14)83)37-58(85)72-55(35-50-28-24-22-25-29-50)68(93)78(17)47(12)62(87)71-46(11)57(84)40-76(15)39-53(44(8)9)67(92)77(16)38-51(32-41(2)3)63(88)74-60/h22,24-25,28-29,41-49,51-56,60-61,83H,21,23,26-27,30-40H2,1-20H3,(H,71,87)(H,72,85)(H,73,89)(H,74,88)(H,75,90)/t45-,46-,47-,48-,49+,51+,52-,53-,54?,55-,56-,60-,61-/m0/s1. The van der Waals surface area contributed by atoms with Crippen molar-refractivity contribution >= 4 is 70.8 Å². The van der Waals surface area contributed by atoms with Crippen LogP contribution < -0.4 is 26.6 Å². The van der Waals surface area contributed by atoms with Gasteiger partial charge in [-0.2, -0.15) is 0 Å². The van der Waals surface area contributed by atoms with Crippen molar-refractivity contribution in [3.63, 3.8) is 0 Å². The number of rotatable bonds is 13. The van der Waals surface area contributed by atoms with Crippen LogP contribution in [0.15, 0.2) is 30.3 Å². The van der Waals surface area contributed by atoms with Crippen molar-refractivity contribution < 1.29 is 62.6 Å². The molecule has 25 nitrogen and oxygen atoms in total. The summed E-state index contributed by atoms with van der Waals surface area (Å²) in [6, 6.07) is -1.99. The minimum atomic E-state index is -1.81. The van der Waals surface area contributed by atoms with E-state index in [9.17, 15) is 62.6 Å². The summed E-state index contributed by atoms with van der Waals surface area (Å²) in [6.07, 6.45) is 1.30. The Kier molecular flexibility index (Phi) is 33.4. The van der Waals surface area contributed by atoms with Crippen LogP contribution in [0, 0.1) is 41.4 Å². The Labute approximate surface area is 566 Å². The van der Waals surface area contributed by atoms with Crippen molar-refractivity contribution in [1.82, 2.24) is 60.9 Å². The van der Waals surface area contributed by atoms with Gasteiger partial charge in [-0.1, -0.05) is 106 Å². The molecular formula is C70H118N12O13. The van der Waals surface area contributed by atoms with Gasteiger partial charge in [0.1, 0.15) is 30.2 Å². The van der Waals surface area contributed by atoms with Gasteiger partial charge in [0.2, 0.25) is 53.2 Å². The number of piperidine rings is 1. The van der Waals surface area contributed by atoms with Crippen LogP contribution in [0.4, 0.5) is 0 Å². The van der Waals surface area contributed by atoms with E-state index in [2.05, 4.69) is 26.6 Å². The van der Waals surface area contributed by atoms with E-state index in [4.69, 9.17) is 0 Å². The van der Waals surface area contributed by atoms with Crippen LogP contribution >= 0.6 is 0 Å². The van der Waals surface area contributed by atoms with E-state index in [1.54, 1.807) is 56.3 Å². The molecule has 25 heteroatoms. The lowest BCUT2D eigenvalue weighted by molar-refractivity contribution is -0.152. The first-order chi connectivity index (χ1) is 44.3. The number of hydrogen-bond acceptors (Lipinski definition) is 14. The lowest BCUT2D eigenvalue weighted by Gasteiger charge is -2.37. The number of amides is 11. The van der Waals surface area contributed by atoms with E-state index in [-0.39, 0.29) is 74.3 Å². The van der Waals surface area contributed by atoms with Crippen molar-refractivity contribution in [1.29, 1.82) is 0 Å². The summed E-state index contributed by atoms with van der Waals surface area (Å²) >= 11 is 0. The zero-order valence-electron chi connectivity index (χ0n) is 60.8. The number of benzene rings is 1. The lowest BCUT2D eigenvalue weighted by Crippen LogP contribution is -2.63. The first kappa shape index (κ1) is 82.2. The number of nitrogens with one attached hydrogen (secondary N) is 5. The first-order valence-electron chi connectivity index (χ1n) is 34.4. The van der Waals surface area contributed by atoms with Crippen LogP contribution in [0.3, 0.4) is 0 Å². The fourth-order valence-corrected chi connectivity index (χ4v) is 12.2. The molecule has 6 N–H and O–H groups in total. The summed E-state index contributed by atoms with van der Waals surface area (Å²) in [4.78, 5) is 184. The summed E-state index contributed by atoms with van der Waals surface area (Å²) < 4.78 is 0. The highest BCUT2D eigenvalue weighted by Crippen LogP contribution is 2.24. The highest BCUT2D eigenvalue weighted by atomic mass is 16.3. The number of carbonyl (C=O) groups excluding carboxylic acids is 12. The number of carbonyl (C=O) groups is 12. The zero-order chi connectivity index (χ0) is 72.0. The number of aliphatic hydroxyl groups is 1. The van der Waals surface area contributed by atoms with Crippen LogP contribution in [-0.2, 0) is 64.0 Å². The minimum Gasteiger partial charge on any atom is -0.391 e. The van der Waals surface area contributed by atoms with Gasteiger partial charge in [0, 0.05) is 86.7 Å². The van der Waals surface area contributed by atoms with Crippen molar-refractivity contribution in [3.05, 3.63) is 35.9 Å². The highest BCUT2D eigenvalue weighted by Gasteiger charge is 2.43. The van der Waals surface area contributed by atoms with Gasteiger partial charge in [0.15, 0.2) is 11.8 Å². The number of likely N-dealkylation sites (N-methyl/N-ethyl adjacent to an activating group) is 5. The summed E-state index contributed by atoms with van der Waals surface area (Å²) in [6.45, 7) is 25.3. The second kappa shape index (κ2) is 38.7. The molecule has 95 heavy (non-hydrogen) atoms. The van der Waals surface area contributed by atoms with Gasteiger partial charge < -0.3 is 61.1 Å². The fourth-order valence-electron chi connectivity index (χ4n) is 12.2. The molecule has 2 aliphatic heterocycles.